The van der Waals surface area contributed by atoms with Crippen molar-refractivity contribution in [1.29, 1.82) is 1.43 Å². The molecule has 1 aromatic rings. The van der Waals surface area contributed by atoms with Gasteiger partial charge in [-0.25, -0.2) is 9.59 Å². The molecule has 1 amide bonds. The van der Waals surface area contributed by atoms with Gasteiger partial charge in [0.15, 0.2) is 12.1 Å². The SMILES string of the molecule is [2H]OC(=O)[C@@H]1CCC(C)(C)N1C(=O)[C@H](CC)[N+]([2H])([2H])[C@@H](CC(C)c1ccc(C)c(C)c1)C(=O)OCC(C)C. The fourth-order valence-electron chi connectivity index (χ4n) is 4.66. The van der Waals surface area contributed by atoms with E-state index in [-0.39, 0.29) is 31.3 Å². The normalized spacial score (nSPS) is 21.5. The molecular weight excluding hydrogens is 444 g/mol. The van der Waals surface area contributed by atoms with Crippen LogP contribution in [0.5, 0.6) is 0 Å². The van der Waals surface area contributed by atoms with E-state index in [1.165, 1.54) is 4.90 Å². The summed E-state index contributed by atoms with van der Waals surface area (Å²) in [6, 6.07) is 2.56. The number of rotatable bonds is 11. The Morgan fingerprint density at radius 1 is 1.23 bits per heavy atom. The summed E-state index contributed by atoms with van der Waals surface area (Å²) >= 11 is 0. The second-order valence-electron chi connectivity index (χ2n) is 11.0. The minimum absolute atomic E-state index is 0.0702. The van der Waals surface area contributed by atoms with Crippen molar-refractivity contribution >= 4 is 17.8 Å². The average Bonchev–Trinajstić information content (AvgIpc) is 3.16. The van der Waals surface area contributed by atoms with Gasteiger partial charge in [-0.1, -0.05) is 45.9 Å². The maximum atomic E-state index is 13.9. The molecule has 0 spiro atoms. The summed E-state index contributed by atoms with van der Waals surface area (Å²) in [6.07, 6.45) is 1.08. The molecule has 0 aromatic heterocycles. The lowest BCUT2D eigenvalue weighted by Crippen LogP contribution is -2.99. The van der Waals surface area contributed by atoms with Crippen molar-refractivity contribution in [3.8, 4) is 0 Å². The molecule has 3 N–H and O–H groups in total. The van der Waals surface area contributed by atoms with E-state index in [9.17, 15) is 14.4 Å². The van der Waals surface area contributed by atoms with Crippen LogP contribution in [0.15, 0.2) is 18.2 Å². The van der Waals surface area contributed by atoms with Crippen LogP contribution < -0.4 is 5.30 Å². The highest BCUT2D eigenvalue weighted by Crippen LogP contribution is 2.34. The number of carboxylic acids is 1. The molecule has 0 aliphatic carbocycles. The predicted octanol–water partition coefficient (Wildman–Crippen LogP) is 3.56. The van der Waals surface area contributed by atoms with Crippen molar-refractivity contribution in [1.82, 2.24) is 4.90 Å². The van der Waals surface area contributed by atoms with Gasteiger partial charge in [0.05, 0.1) is 6.61 Å². The molecule has 2 rings (SSSR count). The molecule has 0 radical (unpaired) electrons. The number of likely N-dealkylation sites (tertiary alicyclic amines) is 1. The fraction of sp³-hybridized carbons (Fsp3) is 0.679. The second kappa shape index (κ2) is 12.0. The third kappa shape index (κ3) is 7.29. The fourth-order valence-corrected chi connectivity index (χ4v) is 4.66. The Morgan fingerprint density at radius 2 is 1.91 bits per heavy atom. The van der Waals surface area contributed by atoms with Crippen LogP contribution >= 0.6 is 0 Å². The number of nitrogens with zero attached hydrogens (tertiary/aromatic N) is 1. The molecule has 0 bridgehead atoms. The highest BCUT2D eigenvalue weighted by atomic mass is 16.5. The summed E-state index contributed by atoms with van der Waals surface area (Å²) in [7, 11) is 0. The number of hydrogen-bond acceptors (Lipinski definition) is 5. The number of aliphatic carboxylic acids is 1. The molecule has 1 aliphatic heterocycles. The van der Waals surface area contributed by atoms with E-state index < -0.39 is 46.8 Å². The van der Waals surface area contributed by atoms with Gasteiger partial charge in [-0.15, -0.1) is 0 Å². The van der Waals surface area contributed by atoms with E-state index in [4.69, 9.17) is 8.99 Å². The van der Waals surface area contributed by atoms with Crippen molar-refractivity contribution in [3.63, 3.8) is 0 Å². The van der Waals surface area contributed by atoms with Gasteiger partial charge in [0.2, 0.25) is 0 Å². The Bertz CT molecular complexity index is 1010. The van der Waals surface area contributed by atoms with Crippen LogP contribution in [0.2, 0.25) is 2.82 Å². The van der Waals surface area contributed by atoms with Gasteiger partial charge in [-0.3, -0.25) is 4.79 Å². The van der Waals surface area contributed by atoms with Gasteiger partial charge in [0.1, 0.15) is 6.04 Å². The quantitative estimate of drug-likeness (QED) is 0.460. The summed E-state index contributed by atoms with van der Waals surface area (Å²) in [5.41, 5.74) is 2.50. The predicted molar refractivity (Wildman–Crippen MR) is 136 cm³/mol. The van der Waals surface area contributed by atoms with Gasteiger partial charge < -0.3 is 20.0 Å². The van der Waals surface area contributed by atoms with E-state index >= 15 is 0 Å². The number of aryl methyl sites for hydroxylation is 2. The Morgan fingerprint density at radius 3 is 2.49 bits per heavy atom. The van der Waals surface area contributed by atoms with Crippen LogP contribution in [0, 0.1) is 19.8 Å². The summed E-state index contributed by atoms with van der Waals surface area (Å²) in [5.74, 6) is -2.21. The first-order chi connectivity index (χ1) is 17.6. The first kappa shape index (κ1) is 24.3. The molecule has 7 heteroatoms. The maximum absolute atomic E-state index is 13.9. The van der Waals surface area contributed by atoms with Crippen LogP contribution in [-0.4, -0.2) is 58.1 Å². The summed E-state index contributed by atoms with van der Waals surface area (Å²) < 4.78 is 30.9. The molecule has 1 unspecified atom stereocenters. The average molecular weight is 493 g/mol. The first-order valence-electron chi connectivity index (χ1n) is 14.1. The van der Waals surface area contributed by atoms with Gasteiger partial charge in [-0.2, -0.15) is 0 Å². The number of ether oxygens (including phenoxy) is 1. The molecule has 4 atom stereocenters. The Balaban J connectivity index is 2.47. The third-order valence-corrected chi connectivity index (χ3v) is 7.04. The summed E-state index contributed by atoms with van der Waals surface area (Å²) in [4.78, 5) is 41.0. The van der Waals surface area contributed by atoms with E-state index in [2.05, 4.69) is 5.11 Å². The molecule has 196 valence electrons. The van der Waals surface area contributed by atoms with E-state index in [1.54, 1.807) is 6.92 Å². The zero-order valence-corrected chi connectivity index (χ0v) is 22.6. The first-order valence-corrected chi connectivity index (χ1v) is 12.8. The van der Waals surface area contributed by atoms with Gasteiger partial charge in [0, 0.05) is 18.4 Å². The molecule has 7 nitrogen and oxygen atoms in total. The lowest BCUT2D eigenvalue weighted by Gasteiger charge is -2.36. The van der Waals surface area contributed by atoms with Gasteiger partial charge >= 0.3 is 14.8 Å². The number of amides is 1. The van der Waals surface area contributed by atoms with Gasteiger partial charge in [0.25, 0.3) is 7.34 Å². The topological polar surface area (TPSA) is 101 Å². The number of esters is 1. The van der Waals surface area contributed by atoms with E-state index in [0.717, 1.165) is 16.7 Å². The number of nitrogens with two attached hydrogens (primary N) is 1. The minimum Gasteiger partial charge on any atom is -0.480 e. The standard InChI is InChI=1S/C28H44N2O5/c1-9-22(25(31)30-24(26(32)33)12-13-28(30,7)8)29-23(27(34)35-16-17(2)3)15-20(6)21-11-10-18(4)19(5)14-21/h10-11,14,17,20,22-24,29H,9,12-13,15-16H2,1-8H3,(H,32,33)/p+1/t20?,22-,23-,24-/m0/s1/i/hD3. The van der Waals surface area contributed by atoms with Crippen LogP contribution in [0.4, 0.5) is 0 Å². The van der Waals surface area contributed by atoms with E-state index in [1.807, 2.05) is 66.7 Å². The molecule has 1 fully saturated rings. The maximum Gasteiger partial charge on any atom is 0.364 e. The zero-order chi connectivity index (χ0) is 29.0. The molecule has 1 saturated heterocycles. The molecular formula is C28H45N2O5+. The minimum atomic E-state index is -1.39. The van der Waals surface area contributed by atoms with Crippen molar-refractivity contribution in [2.45, 2.75) is 111 Å². The number of carboxylic acid groups (broad SMARTS) is 1. The summed E-state index contributed by atoms with van der Waals surface area (Å²) in [6.45, 7) is 15.3. The van der Waals surface area contributed by atoms with Crippen molar-refractivity contribution in [3.05, 3.63) is 34.9 Å². The third-order valence-electron chi connectivity index (χ3n) is 7.04. The van der Waals surface area contributed by atoms with E-state index in [0.29, 0.717) is 12.8 Å². The van der Waals surface area contributed by atoms with Crippen LogP contribution in [0.1, 0.15) is 89.8 Å². The number of hydrogen-bond donors (Lipinski definition) is 2. The highest BCUT2D eigenvalue weighted by Gasteiger charge is 2.48. The molecule has 0 saturated carbocycles. The Labute approximate surface area is 215 Å². The second-order valence-corrected chi connectivity index (χ2v) is 11.0. The van der Waals surface area contributed by atoms with Crippen molar-refractivity contribution in [2.75, 3.05) is 6.61 Å². The number of quaternary nitrogens is 1. The van der Waals surface area contributed by atoms with Crippen LogP contribution in [-0.2, 0) is 19.1 Å². The lowest BCUT2D eigenvalue weighted by atomic mass is 9.91. The number of carbonyl (C=O) groups is 3. The van der Waals surface area contributed by atoms with Gasteiger partial charge in [-0.05, 0) is 69.1 Å². The Hall–Kier alpha value is -2.41. The van der Waals surface area contributed by atoms with Crippen molar-refractivity contribution in [2.24, 2.45) is 5.92 Å². The molecule has 1 aliphatic rings. The molecule has 1 heterocycles. The van der Waals surface area contributed by atoms with Crippen LogP contribution in [0.3, 0.4) is 0 Å². The number of benzene rings is 1. The monoisotopic (exact) mass is 492 g/mol. The largest absolute Gasteiger partial charge is 0.480 e. The van der Waals surface area contributed by atoms with Crippen molar-refractivity contribution < 1.29 is 32.4 Å². The molecule has 1 aromatic carbocycles. The zero-order valence-electron chi connectivity index (χ0n) is 25.6. The highest BCUT2D eigenvalue weighted by molar-refractivity contribution is 5.87. The summed E-state index contributed by atoms with van der Waals surface area (Å²) in [5, 5.41) is 2.82. The van der Waals surface area contributed by atoms with Crippen LogP contribution in [0.25, 0.3) is 1.43 Å². The smallest absolute Gasteiger partial charge is 0.364 e. The lowest BCUT2D eigenvalue weighted by molar-refractivity contribution is -0.700. The number of carbonyl (C=O) groups excluding carboxylic acids is 2. The Kier molecular flexibility index (Phi) is 8.34. The molecule has 35 heavy (non-hydrogen) atoms.